The van der Waals surface area contributed by atoms with Gasteiger partial charge in [0.25, 0.3) is 11.8 Å². The van der Waals surface area contributed by atoms with Crippen molar-refractivity contribution in [1.82, 2.24) is 15.1 Å². The van der Waals surface area contributed by atoms with Crippen LogP contribution in [0.15, 0.2) is 42.5 Å². The van der Waals surface area contributed by atoms with Gasteiger partial charge in [0.2, 0.25) is 0 Å². The fourth-order valence-electron chi connectivity index (χ4n) is 4.00. The lowest BCUT2D eigenvalue weighted by Gasteiger charge is -2.37. The Labute approximate surface area is 177 Å². The van der Waals surface area contributed by atoms with Crippen LogP contribution in [0.5, 0.6) is 5.75 Å². The Bertz CT molecular complexity index is 1030. The van der Waals surface area contributed by atoms with Gasteiger partial charge in [-0.05, 0) is 48.7 Å². The molecule has 2 saturated heterocycles. The number of methoxy groups -OCH3 is 1. The van der Waals surface area contributed by atoms with Crippen molar-refractivity contribution in [2.45, 2.75) is 24.9 Å². The third kappa shape index (κ3) is 3.83. The van der Waals surface area contributed by atoms with E-state index in [4.69, 9.17) is 4.74 Å². The Kier molecular flexibility index (Phi) is 5.34. The molecule has 1 spiro atoms. The molecule has 2 fully saturated rings. The molecule has 4 amide bonds. The van der Waals surface area contributed by atoms with Gasteiger partial charge in [-0.3, -0.25) is 14.5 Å². The Morgan fingerprint density at radius 3 is 2.39 bits per heavy atom. The molecule has 162 valence electrons. The molecular formula is C22H21F2N3O4. The third-order valence-corrected chi connectivity index (χ3v) is 5.80. The number of carbonyl (C=O) groups excluding carboxylic acids is 3. The normalized spacial score (nSPS) is 17.8. The number of carbonyl (C=O) groups is 3. The van der Waals surface area contributed by atoms with Crippen LogP contribution in [0.4, 0.5) is 13.6 Å². The Balaban J connectivity index is 1.43. The van der Waals surface area contributed by atoms with Crippen molar-refractivity contribution in [3.05, 3.63) is 65.2 Å². The first-order valence-electron chi connectivity index (χ1n) is 9.84. The van der Waals surface area contributed by atoms with Gasteiger partial charge in [0.15, 0.2) is 11.6 Å². The van der Waals surface area contributed by atoms with E-state index in [0.717, 1.165) is 11.0 Å². The van der Waals surface area contributed by atoms with Gasteiger partial charge in [-0.25, -0.2) is 13.6 Å². The van der Waals surface area contributed by atoms with Crippen molar-refractivity contribution in [2.75, 3.05) is 20.2 Å². The largest absolute Gasteiger partial charge is 0.494 e. The molecule has 2 aliphatic rings. The van der Waals surface area contributed by atoms with E-state index in [9.17, 15) is 23.2 Å². The quantitative estimate of drug-likeness (QED) is 0.758. The van der Waals surface area contributed by atoms with Gasteiger partial charge in [0.05, 0.1) is 13.7 Å². The lowest BCUT2D eigenvalue weighted by molar-refractivity contribution is -0.133. The van der Waals surface area contributed by atoms with E-state index in [-0.39, 0.29) is 55.6 Å². The number of benzene rings is 2. The number of imide groups is 1. The highest BCUT2D eigenvalue weighted by Crippen LogP contribution is 2.31. The maximum Gasteiger partial charge on any atom is 0.325 e. The molecule has 7 nitrogen and oxygen atoms in total. The minimum Gasteiger partial charge on any atom is -0.494 e. The molecule has 0 radical (unpaired) electrons. The molecule has 2 aromatic carbocycles. The van der Waals surface area contributed by atoms with Crippen molar-refractivity contribution in [3.63, 3.8) is 0 Å². The van der Waals surface area contributed by atoms with Crippen LogP contribution in [0, 0.1) is 11.6 Å². The zero-order valence-electron chi connectivity index (χ0n) is 16.9. The molecule has 0 bridgehead atoms. The summed E-state index contributed by atoms with van der Waals surface area (Å²) in [7, 11) is 1.34. The summed E-state index contributed by atoms with van der Waals surface area (Å²) < 4.78 is 31.9. The van der Waals surface area contributed by atoms with Gasteiger partial charge in [0, 0.05) is 18.7 Å². The van der Waals surface area contributed by atoms with Crippen LogP contribution in [0.1, 0.15) is 28.8 Å². The number of halogens is 2. The Morgan fingerprint density at radius 1 is 1.10 bits per heavy atom. The van der Waals surface area contributed by atoms with Gasteiger partial charge < -0.3 is 15.0 Å². The first kappa shape index (κ1) is 20.8. The number of piperidine rings is 1. The maximum atomic E-state index is 13.9. The Hall–Kier alpha value is -3.49. The highest BCUT2D eigenvalue weighted by atomic mass is 19.1. The van der Waals surface area contributed by atoms with Gasteiger partial charge in [-0.2, -0.15) is 0 Å². The average Bonchev–Trinajstić information content (AvgIpc) is 2.99. The van der Waals surface area contributed by atoms with E-state index >= 15 is 0 Å². The highest BCUT2D eigenvalue weighted by molar-refractivity contribution is 6.07. The second kappa shape index (κ2) is 7.98. The first-order valence-corrected chi connectivity index (χ1v) is 9.84. The fraction of sp³-hybridized carbons (Fsp3) is 0.318. The van der Waals surface area contributed by atoms with Gasteiger partial charge >= 0.3 is 6.03 Å². The minimum atomic E-state index is -1.07. The SMILES string of the molecule is COc1ccc(C(=O)N2CCC3(CC2)NC(=O)N(Cc2ccc(F)cc2)C3=O)cc1F. The predicted molar refractivity (Wildman–Crippen MR) is 106 cm³/mol. The molecule has 2 aromatic rings. The van der Waals surface area contributed by atoms with E-state index in [1.54, 1.807) is 0 Å². The van der Waals surface area contributed by atoms with Crippen LogP contribution in [-0.4, -0.2) is 53.4 Å². The summed E-state index contributed by atoms with van der Waals surface area (Å²) >= 11 is 0. The van der Waals surface area contributed by atoms with Gasteiger partial charge in [-0.15, -0.1) is 0 Å². The second-order valence-corrected chi connectivity index (χ2v) is 7.67. The van der Waals surface area contributed by atoms with Crippen molar-refractivity contribution >= 4 is 17.8 Å². The molecule has 9 heteroatoms. The number of nitrogens with zero attached hydrogens (tertiary/aromatic N) is 2. The third-order valence-electron chi connectivity index (χ3n) is 5.80. The topological polar surface area (TPSA) is 79.0 Å². The van der Waals surface area contributed by atoms with Crippen LogP contribution in [0.25, 0.3) is 0 Å². The smallest absolute Gasteiger partial charge is 0.325 e. The van der Waals surface area contributed by atoms with E-state index < -0.39 is 23.2 Å². The number of hydrogen-bond donors (Lipinski definition) is 1. The first-order chi connectivity index (χ1) is 14.8. The van der Waals surface area contributed by atoms with Crippen molar-refractivity contribution < 1.29 is 27.9 Å². The molecule has 0 atom stereocenters. The fourth-order valence-corrected chi connectivity index (χ4v) is 4.00. The summed E-state index contributed by atoms with van der Waals surface area (Å²) in [6.07, 6.45) is 0.504. The highest BCUT2D eigenvalue weighted by Gasteiger charge is 2.52. The van der Waals surface area contributed by atoms with Crippen LogP contribution < -0.4 is 10.1 Å². The summed E-state index contributed by atoms with van der Waals surface area (Å²) in [5.74, 6) is -1.68. The molecule has 2 heterocycles. The van der Waals surface area contributed by atoms with Crippen molar-refractivity contribution in [3.8, 4) is 5.75 Å². The number of urea groups is 1. The molecule has 0 aromatic heterocycles. The zero-order chi connectivity index (χ0) is 22.2. The van der Waals surface area contributed by atoms with Crippen LogP contribution >= 0.6 is 0 Å². The Morgan fingerprint density at radius 2 is 1.77 bits per heavy atom. The van der Waals surface area contributed by atoms with Crippen LogP contribution in [0.3, 0.4) is 0 Å². The molecule has 31 heavy (non-hydrogen) atoms. The van der Waals surface area contributed by atoms with E-state index in [1.807, 2.05) is 0 Å². The standard InChI is InChI=1S/C22H21F2N3O4/c1-31-18-7-4-15(12-17(18)24)19(28)26-10-8-22(9-11-26)20(29)27(21(30)25-22)13-14-2-5-16(23)6-3-14/h2-7,12H,8-11,13H2,1H3,(H,25,30). The molecule has 4 rings (SSSR count). The lowest BCUT2D eigenvalue weighted by Crippen LogP contribution is -2.55. The van der Waals surface area contributed by atoms with Crippen molar-refractivity contribution in [2.24, 2.45) is 0 Å². The predicted octanol–water partition coefficient (Wildman–Crippen LogP) is 2.70. The van der Waals surface area contributed by atoms with Crippen LogP contribution in [0.2, 0.25) is 0 Å². The molecule has 0 saturated carbocycles. The summed E-state index contributed by atoms with van der Waals surface area (Å²) in [6.45, 7) is 0.520. The second-order valence-electron chi connectivity index (χ2n) is 7.67. The van der Waals surface area contributed by atoms with E-state index in [0.29, 0.717) is 5.56 Å². The molecular weight excluding hydrogens is 408 g/mol. The molecule has 0 unspecified atom stereocenters. The maximum absolute atomic E-state index is 13.9. The summed E-state index contributed by atoms with van der Waals surface area (Å²) in [5.41, 5.74) is -0.246. The van der Waals surface area contributed by atoms with Crippen LogP contribution in [-0.2, 0) is 11.3 Å². The van der Waals surface area contributed by atoms with Gasteiger partial charge in [0.1, 0.15) is 11.4 Å². The summed E-state index contributed by atoms with van der Waals surface area (Å²) in [4.78, 5) is 40.9. The average molecular weight is 429 g/mol. The zero-order valence-corrected chi connectivity index (χ0v) is 16.9. The number of nitrogens with one attached hydrogen (secondary N) is 1. The number of hydrogen-bond acceptors (Lipinski definition) is 4. The van der Waals surface area contributed by atoms with Gasteiger partial charge in [-0.1, -0.05) is 12.1 Å². The van der Waals surface area contributed by atoms with E-state index in [2.05, 4.69) is 5.32 Å². The van der Waals surface area contributed by atoms with E-state index in [1.165, 1.54) is 48.4 Å². The number of rotatable bonds is 4. The lowest BCUT2D eigenvalue weighted by atomic mass is 9.87. The molecule has 2 aliphatic heterocycles. The molecule has 1 N–H and O–H groups in total. The molecule has 0 aliphatic carbocycles. The monoisotopic (exact) mass is 429 g/mol. The number of amides is 4. The summed E-state index contributed by atoms with van der Waals surface area (Å²) in [6, 6.07) is 9.09. The van der Waals surface area contributed by atoms with Crippen molar-refractivity contribution in [1.29, 1.82) is 0 Å². The summed E-state index contributed by atoms with van der Waals surface area (Å²) in [5, 5.41) is 2.77. The minimum absolute atomic E-state index is 0.0421. The number of likely N-dealkylation sites (tertiary alicyclic amines) is 1. The number of ether oxygens (including phenoxy) is 1.